The summed E-state index contributed by atoms with van der Waals surface area (Å²) in [5.74, 6) is -1.05. The topological polar surface area (TPSA) is 208 Å². The van der Waals surface area contributed by atoms with Crippen LogP contribution in [0.15, 0.2) is 63.2 Å². The molecule has 0 aliphatic rings. The number of nitrogens with one attached hydrogen (secondary N) is 1. The average molecular weight is 665 g/mol. The van der Waals surface area contributed by atoms with E-state index in [4.69, 9.17) is 27.4 Å². The Kier molecular flexibility index (Phi) is 11.4. The molecule has 0 unspecified atom stereocenters. The van der Waals surface area contributed by atoms with Crippen molar-refractivity contribution in [1.82, 2.24) is 15.0 Å². The van der Waals surface area contributed by atoms with Crippen molar-refractivity contribution in [3.05, 3.63) is 64.7 Å². The number of halogens is 2. The van der Waals surface area contributed by atoms with Crippen LogP contribution in [0.4, 0.5) is 11.6 Å². The van der Waals surface area contributed by atoms with E-state index in [0.29, 0.717) is 6.07 Å². The first-order chi connectivity index (χ1) is 17.5. The number of benzene rings is 3. The van der Waals surface area contributed by atoms with Crippen molar-refractivity contribution in [2.45, 2.75) is 21.6 Å². The minimum Gasteiger partial charge on any atom is -0.744 e. The van der Waals surface area contributed by atoms with E-state index in [2.05, 4.69) is 20.3 Å². The summed E-state index contributed by atoms with van der Waals surface area (Å²) in [6.45, 7) is 1.71. The third-order valence-electron chi connectivity index (χ3n) is 4.87. The second kappa shape index (κ2) is 13.0. The summed E-state index contributed by atoms with van der Waals surface area (Å²) in [6, 6.07) is 8.37. The maximum Gasteiger partial charge on any atom is 1.00 e. The second-order valence-electron chi connectivity index (χ2n) is 7.57. The minimum absolute atomic E-state index is 0. The number of hydrogen-bond donors (Lipinski definition) is 1. The monoisotopic (exact) mass is 664 g/mol. The van der Waals surface area contributed by atoms with Crippen LogP contribution in [0.2, 0.25) is 10.6 Å². The molecule has 1 heterocycles. The van der Waals surface area contributed by atoms with Crippen LogP contribution in [0.3, 0.4) is 0 Å². The SMILES string of the molecule is Cc1ccc(S(=O)(=O)Oc2cc(S(=O)(=O)[O-])cc3cc(S(=O)(=O)[O-])cc(Nc4nc(Cl)nc(Cl)n4)c23)cc1.[Na+].[Na+]. The van der Waals surface area contributed by atoms with Crippen LogP contribution in [-0.4, -0.2) is 49.3 Å². The van der Waals surface area contributed by atoms with Crippen LogP contribution >= 0.6 is 23.2 Å². The normalized spacial score (nSPS) is 11.8. The van der Waals surface area contributed by atoms with Gasteiger partial charge in [-0.2, -0.15) is 23.4 Å². The average Bonchev–Trinajstić information content (AvgIpc) is 2.76. The first kappa shape index (κ1) is 35.1. The molecular formula is C20H12Cl2N4Na2O9S3. The van der Waals surface area contributed by atoms with Gasteiger partial charge in [0, 0.05) is 11.5 Å². The summed E-state index contributed by atoms with van der Waals surface area (Å²) in [5, 5.41) is 1.17. The summed E-state index contributed by atoms with van der Waals surface area (Å²) in [4.78, 5) is 8.94. The summed E-state index contributed by atoms with van der Waals surface area (Å²) < 4.78 is 102. The van der Waals surface area contributed by atoms with Crippen LogP contribution < -0.4 is 68.6 Å². The summed E-state index contributed by atoms with van der Waals surface area (Å²) in [7, 11) is -15.0. The van der Waals surface area contributed by atoms with Crippen molar-refractivity contribution >= 4 is 76.0 Å². The molecule has 0 aliphatic heterocycles. The van der Waals surface area contributed by atoms with Gasteiger partial charge in [0.25, 0.3) is 0 Å². The fourth-order valence-electron chi connectivity index (χ4n) is 3.25. The largest absolute Gasteiger partial charge is 1.00 e. The molecule has 0 saturated heterocycles. The Morgan fingerprint density at radius 2 is 1.25 bits per heavy atom. The van der Waals surface area contributed by atoms with Gasteiger partial charge in [0.1, 0.15) is 25.1 Å². The van der Waals surface area contributed by atoms with Crippen LogP contribution in [0.25, 0.3) is 10.8 Å². The van der Waals surface area contributed by atoms with E-state index in [9.17, 15) is 34.4 Å². The Morgan fingerprint density at radius 3 is 1.75 bits per heavy atom. The van der Waals surface area contributed by atoms with Gasteiger partial charge in [-0.25, -0.2) is 16.8 Å². The fraction of sp³-hybridized carbons (Fsp3) is 0.0500. The fourth-order valence-corrected chi connectivity index (χ4v) is 5.60. The quantitative estimate of drug-likeness (QED) is 0.119. The predicted octanol–water partition coefficient (Wildman–Crippen LogP) is -3.03. The molecule has 0 aliphatic carbocycles. The van der Waals surface area contributed by atoms with E-state index < -0.39 is 45.9 Å². The molecule has 40 heavy (non-hydrogen) atoms. The van der Waals surface area contributed by atoms with E-state index in [1.807, 2.05) is 0 Å². The number of aryl methyl sites for hydroxylation is 1. The van der Waals surface area contributed by atoms with Gasteiger partial charge in [-0.1, -0.05) is 17.7 Å². The number of rotatable bonds is 7. The van der Waals surface area contributed by atoms with Crippen LogP contribution in [-0.2, 0) is 30.4 Å². The second-order valence-corrected chi connectivity index (χ2v) is 12.6. The number of fused-ring (bicyclic) bond motifs is 1. The minimum atomic E-state index is -5.21. The first-order valence-corrected chi connectivity index (χ1v) is 14.9. The molecule has 4 aromatic rings. The van der Waals surface area contributed by atoms with Crippen molar-refractivity contribution < 1.29 is 97.7 Å². The van der Waals surface area contributed by atoms with Crippen LogP contribution in [0.1, 0.15) is 5.56 Å². The van der Waals surface area contributed by atoms with Crippen molar-refractivity contribution in [1.29, 1.82) is 0 Å². The molecule has 0 saturated carbocycles. The van der Waals surface area contributed by atoms with E-state index in [0.717, 1.165) is 23.8 Å². The molecule has 1 aromatic heterocycles. The molecule has 0 atom stereocenters. The summed E-state index contributed by atoms with van der Waals surface area (Å²) in [5.41, 5.74) is 0.403. The zero-order valence-corrected chi connectivity index (χ0v) is 28.6. The van der Waals surface area contributed by atoms with Gasteiger partial charge in [0.15, 0.2) is 5.75 Å². The first-order valence-electron chi connectivity index (χ1n) is 9.92. The molecule has 0 radical (unpaired) electrons. The third-order valence-corrected chi connectivity index (χ3v) is 8.09. The third kappa shape index (κ3) is 8.25. The van der Waals surface area contributed by atoms with Gasteiger partial charge in [-0.3, -0.25) is 0 Å². The Balaban J connectivity index is 0.00000280. The molecule has 0 spiro atoms. The van der Waals surface area contributed by atoms with E-state index in [1.54, 1.807) is 6.92 Å². The van der Waals surface area contributed by atoms with Gasteiger partial charge in [0.05, 0.1) is 15.5 Å². The van der Waals surface area contributed by atoms with Gasteiger partial charge in [-0.15, -0.1) is 0 Å². The molecule has 0 bridgehead atoms. The van der Waals surface area contributed by atoms with Crippen molar-refractivity contribution in [3.8, 4) is 5.75 Å². The number of aromatic nitrogens is 3. The molecule has 20 heteroatoms. The predicted molar refractivity (Wildman–Crippen MR) is 132 cm³/mol. The maximum absolute atomic E-state index is 13.0. The standard InChI is InChI=1S/C20H14Cl2N4O9S3.2Na/c1-10-2-4-12(5-3-10)38(33,34)35-16-9-14(37(30,31)32)7-11-6-13(36(27,28)29)8-15(17(11)16)23-20-25-18(21)24-19(22)26-20;;/h2-9H,1H3,(H,27,28,29)(H,30,31,32)(H,23,24,25,26);;/q;2*+1/p-2. The van der Waals surface area contributed by atoms with Gasteiger partial charge < -0.3 is 18.6 Å². The Morgan fingerprint density at radius 1 is 0.750 bits per heavy atom. The molecular weight excluding hydrogens is 653 g/mol. The van der Waals surface area contributed by atoms with Gasteiger partial charge in [0.2, 0.25) is 16.5 Å². The Labute approximate surface area is 282 Å². The smallest absolute Gasteiger partial charge is 0.744 e. The van der Waals surface area contributed by atoms with Crippen molar-refractivity contribution in [2.75, 3.05) is 5.32 Å². The van der Waals surface area contributed by atoms with E-state index >= 15 is 0 Å². The van der Waals surface area contributed by atoms with Gasteiger partial charge in [-0.05, 0) is 65.8 Å². The van der Waals surface area contributed by atoms with E-state index in [1.165, 1.54) is 24.3 Å². The summed E-state index contributed by atoms with van der Waals surface area (Å²) in [6.07, 6.45) is 0. The zero-order chi connectivity index (χ0) is 28.0. The van der Waals surface area contributed by atoms with Gasteiger partial charge >= 0.3 is 69.2 Å². The molecule has 13 nitrogen and oxygen atoms in total. The molecule has 4 rings (SSSR count). The summed E-state index contributed by atoms with van der Waals surface area (Å²) >= 11 is 11.5. The zero-order valence-electron chi connectivity index (χ0n) is 20.6. The van der Waals surface area contributed by atoms with Crippen LogP contribution in [0.5, 0.6) is 5.75 Å². The molecule has 1 N–H and O–H groups in total. The molecule has 200 valence electrons. The Bertz CT molecular complexity index is 1900. The van der Waals surface area contributed by atoms with Crippen molar-refractivity contribution in [2.24, 2.45) is 0 Å². The van der Waals surface area contributed by atoms with Crippen molar-refractivity contribution in [3.63, 3.8) is 0 Å². The molecule has 0 amide bonds. The van der Waals surface area contributed by atoms with E-state index in [-0.39, 0.29) is 97.0 Å². The molecule has 3 aromatic carbocycles. The number of nitrogens with zero attached hydrogens (tertiary/aromatic N) is 3. The molecule has 0 fully saturated rings. The number of anilines is 2. The van der Waals surface area contributed by atoms with Crippen LogP contribution in [0, 0.1) is 6.92 Å². The maximum atomic E-state index is 13.0. The number of hydrogen-bond acceptors (Lipinski definition) is 13. The Hall–Kier alpha value is -1.12.